The number of nitrogens with zero attached hydrogens (tertiary/aromatic N) is 1. The fourth-order valence-corrected chi connectivity index (χ4v) is 4.14. The molecule has 0 saturated heterocycles. The molecule has 1 aromatic rings. The smallest absolute Gasteiger partial charge is 0.246 e. The van der Waals surface area contributed by atoms with Crippen molar-refractivity contribution in [1.82, 2.24) is 14.9 Å². The summed E-state index contributed by atoms with van der Waals surface area (Å²) >= 11 is 0. The lowest BCUT2D eigenvalue weighted by Gasteiger charge is -2.20. The van der Waals surface area contributed by atoms with Gasteiger partial charge in [0.2, 0.25) is 10.0 Å². The molecule has 102 valence electrons. The molecule has 1 saturated carbocycles. The first kappa shape index (κ1) is 13.4. The Labute approximate surface area is 107 Å². The number of hydrogen-bond acceptors (Lipinski definition) is 4. The van der Waals surface area contributed by atoms with E-state index in [4.69, 9.17) is 5.73 Å². The summed E-state index contributed by atoms with van der Waals surface area (Å²) in [7, 11) is -3.56. The van der Waals surface area contributed by atoms with Crippen LogP contribution in [0, 0.1) is 11.8 Å². The van der Waals surface area contributed by atoms with Gasteiger partial charge in [-0.2, -0.15) is 5.10 Å². The third kappa shape index (κ3) is 2.37. The summed E-state index contributed by atoms with van der Waals surface area (Å²) in [5.74, 6) is 1.04. The van der Waals surface area contributed by atoms with Gasteiger partial charge in [0.25, 0.3) is 0 Å². The van der Waals surface area contributed by atoms with Crippen LogP contribution < -0.4 is 10.5 Å². The first-order chi connectivity index (χ1) is 8.45. The topological polar surface area (TPSA) is 101 Å². The van der Waals surface area contributed by atoms with Gasteiger partial charge < -0.3 is 5.73 Å². The monoisotopic (exact) mass is 272 g/mol. The summed E-state index contributed by atoms with van der Waals surface area (Å²) < 4.78 is 27.1. The number of nitrogen functional groups attached to an aromatic ring is 1. The van der Waals surface area contributed by atoms with Crippen LogP contribution in [-0.2, 0) is 10.0 Å². The Bertz CT molecular complexity index is 511. The SMILES string of the molecule is CCC1CCC(NS(=O)(=O)c2cn[nH]c2N)C1C. The summed E-state index contributed by atoms with van der Waals surface area (Å²) in [6, 6.07) is -0.00532. The van der Waals surface area contributed by atoms with Crippen molar-refractivity contribution in [3.8, 4) is 0 Å². The Morgan fingerprint density at radius 3 is 2.78 bits per heavy atom. The summed E-state index contributed by atoms with van der Waals surface area (Å²) in [6.45, 7) is 4.25. The van der Waals surface area contributed by atoms with E-state index in [1.807, 2.05) is 0 Å². The number of anilines is 1. The van der Waals surface area contributed by atoms with Crippen LogP contribution in [0.5, 0.6) is 0 Å². The number of rotatable bonds is 4. The Kier molecular flexibility index (Phi) is 3.63. The molecule has 1 fully saturated rings. The van der Waals surface area contributed by atoms with E-state index in [2.05, 4.69) is 28.8 Å². The van der Waals surface area contributed by atoms with Gasteiger partial charge in [-0.15, -0.1) is 0 Å². The molecule has 1 aromatic heterocycles. The zero-order valence-electron chi connectivity index (χ0n) is 10.7. The maximum absolute atomic E-state index is 12.2. The van der Waals surface area contributed by atoms with Crippen LogP contribution in [-0.4, -0.2) is 24.7 Å². The Morgan fingerprint density at radius 2 is 2.28 bits per heavy atom. The first-order valence-electron chi connectivity index (χ1n) is 6.27. The van der Waals surface area contributed by atoms with Crippen molar-refractivity contribution in [2.75, 3.05) is 5.73 Å². The summed E-state index contributed by atoms with van der Waals surface area (Å²) in [5, 5.41) is 6.08. The molecule has 0 spiro atoms. The lowest BCUT2D eigenvalue weighted by molar-refractivity contribution is 0.368. The standard InChI is InChI=1S/C11H20N4O2S/c1-3-8-4-5-9(7(8)2)15-18(16,17)10-6-13-14-11(10)12/h6-9,15H,3-5H2,1-2H3,(H3,12,13,14). The van der Waals surface area contributed by atoms with Gasteiger partial charge >= 0.3 is 0 Å². The van der Waals surface area contributed by atoms with Crippen molar-refractivity contribution in [1.29, 1.82) is 0 Å². The van der Waals surface area contributed by atoms with Gasteiger partial charge in [-0.25, -0.2) is 13.1 Å². The minimum absolute atomic E-state index is 0.00532. The Hall–Kier alpha value is -1.08. The van der Waals surface area contributed by atoms with Crippen molar-refractivity contribution < 1.29 is 8.42 Å². The van der Waals surface area contributed by atoms with E-state index in [1.54, 1.807) is 0 Å². The van der Waals surface area contributed by atoms with Crippen LogP contribution in [0.25, 0.3) is 0 Å². The second-order valence-corrected chi connectivity index (χ2v) is 6.66. The van der Waals surface area contributed by atoms with Crippen LogP contribution in [0.1, 0.15) is 33.1 Å². The molecule has 2 rings (SSSR count). The molecule has 0 aromatic carbocycles. The highest BCUT2D eigenvalue weighted by molar-refractivity contribution is 7.89. The molecule has 7 heteroatoms. The summed E-state index contributed by atoms with van der Waals surface area (Å²) in [4.78, 5) is 0.0367. The maximum atomic E-state index is 12.2. The van der Waals surface area contributed by atoms with E-state index in [0.717, 1.165) is 19.3 Å². The van der Waals surface area contributed by atoms with Crippen molar-refractivity contribution in [2.24, 2.45) is 11.8 Å². The zero-order chi connectivity index (χ0) is 13.3. The molecule has 1 aliphatic carbocycles. The molecule has 3 unspecified atom stereocenters. The fraction of sp³-hybridized carbons (Fsp3) is 0.727. The van der Waals surface area contributed by atoms with Gasteiger partial charge in [0.15, 0.2) is 0 Å². The van der Waals surface area contributed by atoms with Crippen LogP contribution in [0.2, 0.25) is 0 Å². The van der Waals surface area contributed by atoms with E-state index in [0.29, 0.717) is 11.8 Å². The molecule has 6 nitrogen and oxygen atoms in total. The van der Waals surface area contributed by atoms with Gasteiger partial charge in [0.1, 0.15) is 10.7 Å². The molecular weight excluding hydrogens is 252 g/mol. The lowest BCUT2D eigenvalue weighted by atomic mass is 9.94. The van der Waals surface area contributed by atoms with Crippen molar-refractivity contribution in [2.45, 2.75) is 44.0 Å². The molecule has 3 atom stereocenters. The molecule has 0 amide bonds. The predicted molar refractivity (Wildman–Crippen MR) is 69.3 cm³/mol. The summed E-state index contributed by atoms with van der Waals surface area (Å²) in [5.41, 5.74) is 5.55. The molecule has 18 heavy (non-hydrogen) atoms. The van der Waals surface area contributed by atoms with Crippen LogP contribution in [0.15, 0.2) is 11.1 Å². The average molecular weight is 272 g/mol. The van der Waals surface area contributed by atoms with E-state index in [9.17, 15) is 8.42 Å². The molecular formula is C11H20N4O2S. The second kappa shape index (κ2) is 4.89. The average Bonchev–Trinajstić information content (AvgIpc) is 2.87. The predicted octanol–water partition coefficient (Wildman–Crippen LogP) is 1.09. The highest BCUT2D eigenvalue weighted by atomic mass is 32.2. The Balaban J connectivity index is 2.13. The minimum atomic E-state index is -3.56. The van der Waals surface area contributed by atoms with Gasteiger partial charge in [-0.3, -0.25) is 5.10 Å². The minimum Gasteiger partial charge on any atom is -0.383 e. The highest BCUT2D eigenvalue weighted by Gasteiger charge is 2.35. The first-order valence-corrected chi connectivity index (χ1v) is 7.75. The quantitative estimate of drug-likeness (QED) is 0.763. The van der Waals surface area contributed by atoms with Gasteiger partial charge in [-0.05, 0) is 24.7 Å². The van der Waals surface area contributed by atoms with E-state index < -0.39 is 10.0 Å². The van der Waals surface area contributed by atoms with Crippen molar-refractivity contribution in [3.63, 3.8) is 0 Å². The normalized spacial score (nSPS) is 28.7. The number of aromatic nitrogens is 2. The van der Waals surface area contributed by atoms with E-state index in [1.165, 1.54) is 6.20 Å². The van der Waals surface area contributed by atoms with E-state index in [-0.39, 0.29) is 16.8 Å². The molecule has 4 N–H and O–H groups in total. The third-order valence-corrected chi connectivity index (χ3v) is 5.50. The number of H-pyrrole nitrogens is 1. The maximum Gasteiger partial charge on any atom is 0.246 e. The number of sulfonamides is 1. The number of nitrogens with one attached hydrogen (secondary N) is 2. The lowest BCUT2D eigenvalue weighted by Crippen LogP contribution is -2.37. The molecule has 0 bridgehead atoms. The number of nitrogens with two attached hydrogens (primary N) is 1. The molecule has 0 aliphatic heterocycles. The van der Waals surface area contributed by atoms with Crippen LogP contribution in [0.3, 0.4) is 0 Å². The molecule has 1 heterocycles. The zero-order valence-corrected chi connectivity index (χ0v) is 11.5. The molecule has 1 aliphatic rings. The summed E-state index contributed by atoms with van der Waals surface area (Å²) in [6.07, 6.45) is 4.30. The van der Waals surface area contributed by atoms with Gasteiger partial charge in [0.05, 0.1) is 6.20 Å². The van der Waals surface area contributed by atoms with Crippen molar-refractivity contribution in [3.05, 3.63) is 6.20 Å². The molecule has 0 radical (unpaired) electrons. The van der Waals surface area contributed by atoms with Gasteiger partial charge in [-0.1, -0.05) is 20.3 Å². The van der Waals surface area contributed by atoms with E-state index >= 15 is 0 Å². The Morgan fingerprint density at radius 1 is 1.56 bits per heavy atom. The number of hydrogen-bond donors (Lipinski definition) is 3. The van der Waals surface area contributed by atoms with Gasteiger partial charge in [0, 0.05) is 6.04 Å². The second-order valence-electron chi connectivity index (χ2n) is 4.98. The fourth-order valence-electron chi connectivity index (χ4n) is 2.75. The van der Waals surface area contributed by atoms with Crippen LogP contribution in [0.4, 0.5) is 5.82 Å². The van der Waals surface area contributed by atoms with Crippen LogP contribution >= 0.6 is 0 Å². The van der Waals surface area contributed by atoms with Crippen molar-refractivity contribution >= 4 is 15.8 Å². The number of aromatic amines is 1. The third-order valence-electron chi connectivity index (χ3n) is 3.98. The highest BCUT2D eigenvalue weighted by Crippen LogP contribution is 2.34. The largest absolute Gasteiger partial charge is 0.383 e.